The van der Waals surface area contributed by atoms with Gasteiger partial charge in [-0.3, -0.25) is 4.79 Å². The number of β-lactam (4-membered cyclic amide) rings is 1. The number of carbonyl (C=O) groups excluding carboxylic acids is 1. The minimum Gasteiger partial charge on any atom is -0.480 e. The molecule has 6 atom stereocenters. The largest absolute Gasteiger partial charge is 0.480 e. The van der Waals surface area contributed by atoms with E-state index in [9.17, 15) is 19.8 Å². The molecular weight excluding hydrogens is 338 g/mol. The number of rotatable bonds is 4. The number of nitrogens with zero attached hydrogens (tertiary/aromatic N) is 1. The fraction of sp³-hybridized carbons (Fsp3) is 0.786. The van der Waals surface area contributed by atoms with Crippen molar-refractivity contribution in [3.8, 4) is 0 Å². The summed E-state index contributed by atoms with van der Waals surface area (Å²) in [5, 5.41) is 26.2. The van der Waals surface area contributed by atoms with Crippen LogP contribution in [0.15, 0.2) is 0 Å². The third kappa shape index (κ3) is 2.68. The Balaban J connectivity index is 1.77. The summed E-state index contributed by atoms with van der Waals surface area (Å²) in [7, 11) is 0. The molecule has 3 rings (SSSR count). The molecule has 3 fully saturated rings. The number of aliphatic hydroxyl groups excluding tert-OH is 1. The summed E-state index contributed by atoms with van der Waals surface area (Å²) in [5.41, 5.74) is 0. The lowest BCUT2D eigenvalue weighted by molar-refractivity contribution is -0.170. The summed E-state index contributed by atoms with van der Waals surface area (Å²) >= 11 is 6.63. The number of hydrogen-bond acceptors (Lipinski definition) is 5. The molecule has 3 saturated heterocycles. The summed E-state index contributed by atoms with van der Waals surface area (Å²) in [5.74, 6) is -1.67. The van der Waals surface area contributed by atoms with Gasteiger partial charge >= 0.3 is 5.97 Å². The normalized spacial score (nSPS) is 38.4. The van der Waals surface area contributed by atoms with Crippen molar-refractivity contribution in [2.24, 2.45) is 11.8 Å². The number of thioether (sulfide) groups is 1. The Labute approximate surface area is 144 Å². The molecule has 23 heavy (non-hydrogen) atoms. The van der Waals surface area contributed by atoms with E-state index in [1.807, 2.05) is 6.92 Å². The zero-order chi connectivity index (χ0) is 16.9. The molecule has 0 aromatic rings. The first kappa shape index (κ1) is 16.8. The standard InChI is InChI=1S/C14H21N3O4S2/c1-5-9-8(6(2)18)12(19)17(9)10(13(20)21)11(5)23-7-3-15-14(22)16-4-7/h5-11,18H,3-4H2,1-2H3,(H,20,21)(H2,15,16,22)/t5-,6-,8-,9-,10?,11?/m1/s1. The Morgan fingerprint density at radius 2 is 2.04 bits per heavy atom. The SMILES string of the molecule is C[C@@H](O)[C@H]1C(=O)N2C(C(=O)O)C(SC3CNC(=S)NC3)[C@H](C)[C@H]12. The lowest BCUT2D eigenvalue weighted by Crippen LogP contribution is -2.65. The Morgan fingerprint density at radius 1 is 1.43 bits per heavy atom. The lowest BCUT2D eigenvalue weighted by Gasteiger charge is -2.47. The number of aliphatic carboxylic acids is 1. The summed E-state index contributed by atoms with van der Waals surface area (Å²) < 4.78 is 0. The van der Waals surface area contributed by atoms with Gasteiger partial charge < -0.3 is 25.7 Å². The number of fused-ring (bicyclic) bond motifs is 1. The Hall–Kier alpha value is -1.06. The van der Waals surface area contributed by atoms with Gasteiger partial charge in [-0.05, 0) is 25.1 Å². The number of thiocarbonyl (C=S) groups is 1. The molecule has 0 saturated carbocycles. The Morgan fingerprint density at radius 3 is 2.57 bits per heavy atom. The van der Waals surface area contributed by atoms with Crippen LogP contribution in [0.5, 0.6) is 0 Å². The summed E-state index contributed by atoms with van der Waals surface area (Å²) in [4.78, 5) is 25.5. The highest BCUT2D eigenvalue weighted by molar-refractivity contribution is 8.00. The molecule has 7 nitrogen and oxygen atoms in total. The highest BCUT2D eigenvalue weighted by Crippen LogP contribution is 2.49. The van der Waals surface area contributed by atoms with E-state index >= 15 is 0 Å². The molecule has 0 spiro atoms. The van der Waals surface area contributed by atoms with Gasteiger partial charge in [0, 0.05) is 23.6 Å². The van der Waals surface area contributed by atoms with Gasteiger partial charge in [-0.2, -0.15) is 0 Å². The predicted molar refractivity (Wildman–Crippen MR) is 90.2 cm³/mol. The van der Waals surface area contributed by atoms with Crippen molar-refractivity contribution in [3.63, 3.8) is 0 Å². The third-order valence-corrected chi connectivity index (χ3v) is 7.01. The monoisotopic (exact) mass is 359 g/mol. The average Bonchev–Trinajstić information content (AvgIpc) is 2.71. The molecule has 128 valence electrons. The van der Waals surface area contributed by atoms with Gasteiger partial charge in [0.15, 0.2) is 5.11 Å². The maximum Gasteiger partial charge on any atom is 0.327 e. The minimum absolute atomic E-state index is 0.0206. The number of carboxylic acid groups (broad SMARTS) is 1. The number of amides is 1. The fourth-order valence-corrected chi connectivity index (χ4v) is 5.69. The van der Waals surface area contributed by atoms with E-state index in [0.717, 1.165) is 0 Å². The van der Waals surface area contributed by atoms with E-state index in [2.05, 4.69) is 10.6 Å². The Bertz CT molecular complexity index is 534. The zero-order valence-electron chi connectivity index (χ0n) is 12.9. The van der Waals surface area contributed by atoms with E-state index in [-0.39, 0.29) is 28.4 Å². The van der Waals surface area contributed by atoms with E-state index in [4.69, 9.17) is 12.2 Å². The van der Waals surface area contributed by atoms with Crippen molar-refractivity contribution in [1.82, 2.24) is 15.5 Å². The first-order valence-corrected chi connectivity index (χ1v) is 9.08. The lowest BCUT2D eigenvalue weighted by atomic mass is 9.79. The smallest absolute Gasteiger partial charge is 0.327 e. The fourth-order valence-electron chi connectivity index (χ4n) is 3.91. The molecule has 3 aliphatic rings. The molecule has 0 aromatic carbocycles. The molecule has 1 amide bonds. The maximum atomic E-state index is 12.3. The molecule has 0 aliphatic carbocycles. The van der Waals surface area contributed by atoms with Crippen LogP contribution in [-0.4, -0.2) is 73.9 Å². The molecule has 9 heteroatoms. The van der Waals surface area contributed by atoms with Gasteiger partial charge in [-0.25, -0.2) is 4.79 Å². The molecule has 0 bridgehead atoms. The van der Waals surface area contributed by atoms with E-state index in [1.165, 1.54) is 4.90 Å². The van der Waals surface area contributed by atoms with Crippen LogP contribution < -0.4 is 10.6 Å². The van der Waals surface area contributed by atoms with Crippen LogP contribution in [0.2, 0.25) is 0 Å². The van der Waals surface area contributed by atoms with Crippen molar-refractivity contribution >= 4 is 41.0 Å². The van der Waals surface area contributed by atoms with Crippen molar-refractivity contribution in [2.45, 2.75) is 42.5 Å². The number of aliphatic hydroxyl groups is 1. The number of nitrogens with one attached hydrogen (secondary N) is 2. The first-order chi connectivity index (χ1) is 10.8. The van der Waals surface area contributed by atoms with Gasteiger partial charge in [0.2, 0.25) is 5.91 Å². The highest BCUT2D eigenvalue weighted by atomic mass is 32.2. The van der Waals surface area contributed by atoms with Crippen LogP contribution in [0.3, 0.4) is 0 Å². The molecule has 3 heterocycles. The molecule has 0 radical (unpaired) electrons. The van der Waals surface area contributed by atoms with Crippen molar-refractivity contribution < 1.29 is 19.8 Å². The van der Waals surface area contributed by atoms with Crippen LogP contribution in [0.25, 0.3) is 0 Å². The quantitative estimate of drug-likeness (QED) is 0.384. The average molecular weight is 359 g/mol. The summed E-state index contributed by atoms with van der Waals surface area (Å²) in [6.07, 6.45) is -0.750. The van der Waals surface area contributed by atoms with Crippen LogP contribution in [0, 0.1) is 11.8 Å². The van der Waals surface area contributed by atoms with Crippen LogP contribution in [-0.2, 0) is 9.59 Å². The Kier molecular flexibility index (Phi) is 4.45. The zero-order valence-corrected chi connectivity index (χ0v) is 14.6. The van der Waals surface area contributed by atoms with Gasteiger partial charge in [-0.1, -0.05) is 6.92 Å². The van der Waals surface area contributed by atoms with Gasteiger partial charge in [0.1, 0.15) is 6.04 Å². The number of hydrogen-bond donors (Lipinski definition) is 4. The number of carboxylic acids is 1. The molecule has 4 N–H and O–H groups in total. The van der Waals surface area contributed by atoms with Crippen molar-refractivity contribution in [3.05, 3.63) is 0 Å². The predicted octanol–water partition coefficient (Wildman–Crippen LogP) is -0.755. The van der Waals surface area contributed by atoms with Crippen LogP contribution in [0.1, 0.15) is 13.8 Å². The maximum absolute atomic E-state index is 12.3. The minimum atomic E-state index is -0.971. The second kappa shape index (κ2) is 6.10. The van der Waals surface area contributed by atoms with Gasteiger partial charge in [-0.15, -0.1) is 11.8 Å². The second-order valence-corrected chi connectivity index (χ2v) is 8.35. The van der Waals surface area contributed by atoms with Crippen LogP contribution in [0.4, 0.5) is 0 Å². The molecule has 0 aromatic heterocycles. The number of carbonyl (C=O) groups is 2. The van der Waals surface area contributed by atoms with Gasteiger partial charge in [0.25, 0.3) is 0 Å². The molecular formula is C14H21N3O4S2. The van der Waals surface area contributed by atoms with E-state index in [1.54, 1.807) is 18.7 Å². The van der Waals surface area contributed by atoms with Gasteiger partial charge in [0.05, 0.1) is 18.1 Å². The molecule has 3 aliphatic heterocycles. The van der Waals surface area contributed by atoms with Crippen molar-refractivity contribution in [2.75, 3.05) is 13.1 Å². The summed E-state index contributed by atoms with van der Waals surface area (Å²) in [6, 6.07) is -1.01. The van der Waals surface area contributed by atoms with Crippen LogP contribution >= 0.6 is 24.0 Å². The van der Waals surface area contributed by atoms with E-state index < -0.39 is 24.0 Å². The molecule has 2 unspecified atom stereocenters. The topological polar surface area (TPSA) is 102 Å². The van der Waals surface area contributed by atoms with E-state index in [0.29, 0.717) is 18.2 Å². The first-order valence-electron chi connectivity index (χ1n) is 7.73. The highest BCUT2D eigenvalue weighted by Gasteiger charge is 2.64. The third-order valence-electron chi connectivity index (χ3n) is 5.00. The summed E-state index contributed by atoms with van der Waals surface area (Å²) in [6.45, 7) is 4.95. The second-order valence-electron chi connectivity index (χ2n) is 6.46. The van der Waals surface area contributed by atoms with Crippen molar-refractivity contribution in [1.29, 1.82) is 0 Å².